The number of aromatic nitrogens is 2. The number of nitrogens with zero attached hydrogens (tertiary/aromatic N) is 3. The molecule has 110 valence electrons. The summed E-state index contributed by atoms with van der Waals surface area (Å²) in [6.07, 6.45) is 8.10. The van der Waals surface area contributed by atoms with Gasteiger partial charge >= 0.3 is 5.97 Å². The number of ether oxygens (including phenoxy) is 1. The summed E-state index contributed by atoms with van der Waals surface area (Å²) in [6, 6.07) is 0. The summed E-state index contributed by atoms with van der Waals surface area (Å²) >= 11 is 0. The fraction of sp³-hybridized carbons (Fsp3) is 0.733. The average Bonchev–Trinajstić information content (AvgIpc) is 3.04. The number of aryl methyl sites for hydroxylation is 1. The van der Waals surface area contributed by atoms with Crippen LogP contribution in [0.4, 0.5) is 0 Å². The molecule has 3 rings (SSSR count). The van der Waals surface area contributed by atoms with Crippen molar-refractivity contribution in [3.05, 3.63) is 18.2 Å². The molecule has 1 aromatic heterocycles. The van der Waals surface area contributed by atoms with E-state index in [0.29, 0.717) is 12.5 Å². The van der Waals surface area contributed by atoms with Crippen LogP contribution in [-0.4, -0.2) is 47.2 Å². The number of cyclic esters (lactones) is 1. The van der Waals surface area contributed by atoms with Gasteiger partial charge in [-0.3, -0.25) is 4.79 Å². The van der Waals surface area contributed by atoms with Crippen LogP contribution in [0.15, 0.2) is 12.4 Å². The van der Waals surface area contributed by atoms with Gasteiger partial charge in [0.05, 0.1) is 12.5 Å². The Morgan fingerprint density at radius 3 is 3.20 bits per heavy atom. The first-order valence-electron chi connectivity index (χ1n) is 7.57. The van der Waals surface area contributed by atoms with Gasteiger partial charge in [0.15, 0.2) is 0 Å². The number of hydrogen-bond acceptors (Lipinski definition) is 4. The first-order chi connectivity index (χ1) is 9.72. The van der Waals surface area contributed by atoms with Crippen LogP contribution in [0, 0.1) is 11.8 Å². The second-order valence-corrected chi connectivity index (χ2v) is 6.10. The van der Waals surface area contributed by atoms with Crippen molar-refractivity contribution in [3.8, 4) is 0 Å². The second kappa shape index (κ2) is 5.95. The fourth-order valence-electron chi connectivity index (χ4n) is 3.29. The lowest BCUT2D eigenvalue weighted by molar-refractivity contribution is -0.141. The number of carbonyl (C=O) groups is 1. The molecule has 1 fully saturated rings. The molecule has 5 heteroatoms. The third-order valence-corrected chi connectivity index (χ3v) is 4.51. The van der Waals surface area contributed by atoms with Gasteiger partial charge in [0, 0.05) is 31.9 Å². The smallest absolute Gasteiger partial charge is 0.309 e. The van der Waals surface area contributed by atoms with E-state index in [1.807, 2.05) is 6.20 Å². The summed E-state index contributed by atoms with van der Waals surface area (Å²) in [4.78, 5) is 18.2. The molecule has 0 N–H and O–H groups in total. The Bertz CT molecular complexity index is 471. The maximum Gasteiger partial charge on any atom is 0.309 e. The fourth-order valence-corrected chi connectivity index (χ4v) is 3.29. The van der Waals surface area contributed by atoms with E-state index in [-0.39, 0.29) is 11.9 Å². The number of hydrogen-bond donors (Lipinski definition) is 0. The van der Waals surface area contributed by atoms with Gasteiger partial charge in [0.2, 0.25) is 0 Å². The molecule has 1 saturated heterocycles. The molecule has 0 unspecified atom stereocenters. The lowest BCUT2D eigenvalue weighted by atomic mass is 9.98. The van der Waals surface area contributed by atoms with Crippen LogP contribution in [0.25, 0.3) is 0 Å². The summed E-state index contributed by atoms with van der Waals surface area (Å²) in [6.45, 7) is 3.76. The molecule has 0 saturated carbocycles. The lowest BCUT2D eigenvalue weighted by Gasteiger charge is -2.28. The highest BCUT2D eigenvalue weighted by Gasteiger charge is 2.27. The molecule has 1 aromatic rings. The predicted octanol–water partition coefficient (Wildman–Crippen LogP) is 1.33. The van der Waals surface area contributed by atoms with Crippen LogP contribution in [0.3, 0.4) is 0 Å². The molecule has 3 heterocycles. The monoisotopic (exact) mass is 277 g/mol. The first kappa shape index (κ1) is 13.6. The van der Waals surface area contributed by atoms with Crippen LogP contribution in [-0.2, 0) is 22.5 Å². The molecule has 0 spiro atoms. The Balaban J connectivity index is 1.43. The van der Waals surface area contributed by atoms with E-state index in [2.05, 4.69) is 27.7 Å². The summed E-state index contributed by atoms with van der Waals surface area (Å²) in [7, 11) is 2.16. The zero-order chi connectivity index (χ0) is 13.9. The summed E-state index contributed by atoms with van der Waals surface area (Å²) in [5.74, 6) is 2.04. The standard InChI is InChI=1S/C15H23N3O2/c1-17(7-4-13-5-9-20-15(13)19)10-12-2-3-14-16-6-8-18(14)11-12/h6,8,12-13H,2-5,7,9-11H2,1H3/t12-,13+/m1/s1. The van der Waals surface area contributed by atoms with Gasteiger partial charge in [0.25, 0.3) is 0 Å². The van der Waals surface area contributed by atoms with Crippen molar-refractivity contribution in [1.82, 2.24) is 14.5 Å². The Morgan fingerprint density at radius 2 is 2.40 bits per heavy atom. The van der Waals surface area contributed by atoms with Gasteiger partial charge in [-0.05, 0) is 38.8 Å². The minimum absolute atomic E-state index is 0.000811. The Morgan fingerprint density at radius 1 is 1.50 bits per heavy atom. The highest BCUT2D eigenvalue weighted by molar-refractivity contribution is 5.74. The van der Waals surface area contributed by atoms with E-state index in [1.54, 1.807) is 0 Å². The van der Waals surface area contributed by atoms with E-state index in [1.165, 1.54) is 12.2 Å². The Kier molecular flexibility index (Phi) is 4.05. The van der Waals surface area contributed by atoms with Gasteiger partial charge in [-0.1, -0.05) is 0 Å². The zero-order valence-electron chi connectivity index (χ0n) is 12.1. The quantitative estimate of drug-likeness (QED) is 0.762. The molecule has 2 aliphatic heterocycles. The number of fused-ring (bicyclic) bond motifs is 1. The molecule has 2 atom stereocenters. The highest BCUT2D eigenvalue weighted by Crippen LogP contribution is 2.21. The third-order valence-electron chi connectivity index (χ3n) is 4.51. The second-order valence-electron chi connectivity index (χ2n) is 6.10. The lowest BCUT2D eigenvalue weighted by Crippen LogP contribution is -2.33. The minimum Gasteiger partial charge on any atom is -0.465 e. The average molecular weight is 277 g/mol. The first-order valence-corrected chi connectivity index (χ1v) is 7.57. The van der Waals surface area contributed by atoms with E-state index in [9.17, 15) is 4.79 Å². The third kappa shape index (κ3) is 3.03. The molecule has 5 nitrogen and oxygen atoms in total. The van der Waals surface area contributed by atoms with Crippen molar-refractivity contribution in [2.24, 2.45) is 11.8 Å². The molecule has 0 aromatic carbocycles. The molecule has 0 aliphatic carbocycles. The van der Waals surface area contributed by atoms with Crippen LogP contribution in [0.1, 0.15) is 25.1 Å². The predicted molar refractivity (Wildman–Crippen MR) is 75.2 cm³/mol. The van der Waals surface area contributed by atoms with Crippen LogP contribution in [0.5, 0.6) is 0 Å². The van der Waals surface area contributed by atoms with E-state index < -0.39 is 0 Å². The Labute approximate surface area is 119 Å². The molecule has 2 aliphatic rings. The molecule has 0 bridgehead atoms. The number of rotatable bonds is 5. The Hall–Kier alpha value is -1.36. The van der Waals surface area contributed by atoms with Crippen molar-refractivity contribution in [1.29, 1.82) is 0 Å². The maximum atomic E-state index is 11.4. The van der Waals surface area contributed by atoms with Gasteiger partial charge in [-0.2, -0.15) is 0 Å². The molecule has 20 heavy (non-hydrogen) atoms. The van der Waals surface area contributed by atoms with Crippen molar-refractivity contribution in [2.75, 3.05) is 26.7 Å². The highest BCUT2D eigenvalue weighted by atomic mass is 16.5. The van der Waals surface area contributed by atoms with Crippen molar-refractivity contribution in [3.63, 3.8) is 0 Å². The van der Waals surface area contributed by atoms with Crippen LogP contribution in [0.2, 0.25) is 0 Å². The number of carbonyl (C=O) groups excluding carboxylic acids is 1. The van der Waals surface area contributed by atoms with Gasteiger partial charge in [-0.15, -0.1) is 0 Å². The maximum absolute atomic E-state index is 11.4. The zero-order valence-corrected chi connectivity index (χ0v) is 12.1. The number of esters is 1. The topological polar surface area (TPSA) is 47.4 Å². The molecule has 0 amide bonds. The van der Waals surface area contributed by atoms with Crippen LogP contribution < -0.4 is 0 Å². The normalized spacial score (nSPS) is 25.8. The molecular weight excluding hydrogens is 254 g/mol. The van der Waals surface area contributed by atoms with Gasteiger partial charge < -0.3 is 14.2 Å². The molecule has 0 radical (unpaired) electrons. The number of imidazole rings is 1. The van der Waals surface area contributed by atoms with Crippen molar-refractivity contribution < 1.29 is 9.53 Å². The van der Waals surface area contributed by atoms with E-state index >= 15 is 0 Å². The summed E-state index contributed by atoms with van der Waals surface area (Å²) < 4.78 is 7.28. The van der Waals surface area contributed by atoms with Gasteiger partial charge in [0.1, 0.15) is 5.82 Å². The minimum atomic E-state index is -0.000811. The summed E-state index contributed by atoms with van der Waals surface area (Å²) in [5, 5.41) is 0. The van der Waals surface area contributed by atoms with Gasteiger partial charge in [-0.25, -0.2) is 4.98 Å². The van der Waals surface area contributed by atoms with Crippen LogP contribution >= 0.6 is 0 Å². The largest absolute Gasteiger partial charge is 0.465 e. The van der Waals surface area contributed by atoms with Crippen molar-refractivity contribution >= 4 is 5.97 Å². The molecular formula is C15H23N3O2. The van der Waals surface area contributed by atoms with E-state index in [4.69, 9.17) is 4.74 Å². The summed E-state index contributed by atoms with van der Waals surface area (Å²) in [5.41, 5.74) is 0. The van der Waals surface area contributed by atoms with Crippen molar-refractivity contribution in [2.45, 2.75) is 32.2 Å². The SMILES string of the molecule is CN(CC[C@H]1CCOC1=O)C[C@H]1CCc2nccn2C1. The van der Waals surface area contributed by atoms with E-state index in [0.717, 1.165) is 38.9 Å².